The third-order valence-corrected chi connectivity index (χ3v) is 3.62. The van der Waals surface area contributed by atoms with Crippen molar-refractivity contribution in [2.45, 2.75) is 39.8 Å². The highest BCUT2D eigenvalue weighted by molar-refractivity contribution is 5.81. The monoisotopic (exact) mass is 337 g/mol. The van der Waals surface area contributed by atoms with Crippen LogP contribution in [0.15, 0.2) is 30.3 Å². The molecule has 132 valence electrons. The topological polar surface area (TPSA) is 113 Å². The molecule has 1 rings (SSSR count). The van der Waals surface area contributed by atoms with Gasteiger partial charge in [0, 0.05) is 0 Å². The Bertz CT molecular complexity index is 578. The van der Waals surface area contributed by atoms with Crippen molar-refractivity contribution in [3.8, 4) is 0 Å². The average Bonchev–Trinajstić information content (AvgIpc) is 2.48. The number of carbonyl (C=O) groups is 3. The summed E-state index contributed by atoms with van der Waals surface area (Å²) in [6, 6.07) is 7.59. The zero-order chi connectivity index (χ0) is 18.3. The highest BCUT2D eigenvalue weighted by Crippen LogP contribution is 2.30. The zero-order valence-corrected chi connectivity index (χ0v) is 14.0. The summed E-state index contributed by atoms with van der Waals surface area (Å²) in [6.07, 6.45) is -1.13. The van der Waals surface area contributed by atoms with Crippen molar-refractivity contribution in [1.82, 2.24) is 5.32 Å². The second-order valence-electron chi connectivity index (χ2n) is 6.59. The lowest BCUT2D eigenvalue weighted by Crippen LogP contribution is -2.45. The van der Waals surface area contributed by atoms with Gasteiger partial charge >= 0.3 is 18.0 Å². The molecular weight excluding hydrogens is 314 g/mol. The van der Waals surface area contributed by atoms with Crippen LogP contribution in [-0.4, -0.2) is 34.3 Å². The Morgan fingerprint density at radius 3 is 2.12 bits per heavy atom. The van der Waals surface area contributed by atoms with E-state index in [0.29, 0.717) is 0 Å². The van der Waals surface area contributed by atoms with Crippen molar-refractivity contribution >= 4 is 18.0 Å². The largest absolute Gasteiger partial charge is 0.481 e. The van der Waals surface area contributed by atoms with Crippen LogP contribution in [0.4, 0.5) is 4.79 Å². The molecule has 1 aromatic rings. The van der Waals surface area contributed by atoms with E-state index in [0.717, 1.165) is 5.56 Å². The molecule has 0 aliphatic carbocycles. The summed E-state index contributed by atoms with van der Waals surface area (Å²) in [4.78, 5) is 34.5. The van der Waals surface area contributed by atoms with Gasteiger partial charge in [0.2, 0.25) is 0 Å². The van der Waals surface area contributed by atoms with Gasteiger partial charge in [-0.2, -0.15) is 0 Å². The van der Waals surface area contributed by atoms with Crippen LogP contribution in [-0.2, 0) is 20.9 Å². The summed E-state index contributed by atoms with van der Waals surface area (Å²) in [5.41, 5.74) is 0.118. The van der Waals surface area contributed by atoms with E-state index in [-0.39, 0.29) is 13.0 Å². The van der Waals surface area contributed by atoms with Gasteiger partial charge in [-0.05, 0) is 17.4 Å². The number of rotatable bonds is 7. The van der Waals surface area contributed by atoms with Crippen LogP contribution < -0.4 is 5.32 Å². The van der Waals surface area contributed by atoms with Gasteiger partial charge in [-0.25, -0.2) is 9.59 Å². The summed E-state index contributed by atoms with van der Waals surface area (Å²) < 4.78 is 4.98. The molecule has 3 N–H and O–H groups in total. The predicted molar refractivity (Wildman–Crippen MR) is 86.4 cm³/mol. The lowest BCUT2D eigenvalue weighted by molar-refractivity contribution is -0.147. The van der Waals surface area contributed by atoms with E-state index in [1.54, 1.807) is 45.0 Å². The van der Waals surface area contributed by atoms with E-state index in [2.05, 4.69) is 5.32 Å². The second-order valence-corrected chi connectivity index (χ2v) is 6.59. The molecule has 0 aliphatic heterocycles. The van der Waals surface area contributed by atoms with Gasteiger partial charge in [0.1, 0.15) is 12.6 Å². The quantitative estimate of drug-likeness (QED) is 0.704. The van der Waals surface area contributed by atoms with Gasteiger partial charge in [-0.15, -0.1) is 0 Å². The molecule has 0 aromatic heterocycles. The Labute approximate surface area is 140 Å². The maximum Gasteiger partial charge on any atom is 0.408 e. The molecule has 24 heavy (non-hydrogen) atoms. The molecular formula is C17H23NO6. The number of hydrogen-bond donors (Lipinski definition) is 3. The predicted octanol–water partition coefficient (Wildman–Crippen LogP) is 2.50. The smallest absolute Gasteiger partial charge is 0.408 e. The van der Waals surface area contributed by atoms with E-state index in [4.69, 9.17) is 4.74 Å². The minimum absolute atomic E-state index is 0.000637. The summed E-state index contributed by atoms with van der Waals surface area (Å²) in [7, 11) is 0. The normalized spacial score (nSPS) is 13.6. The minimum Gasteiger partial charge on any atom is -0.481 e. The number of carboxylic acid groups (broad SMARTS) is 2. The highest BCUT2D eigenvalue weighted by atomic mass is 16.5. The third-order valence-electron chi connectivity index (χ3n) is 3.62. The number of ether oxygens (including phenoxy) is 1. The highest BCUT2D eigenvalue weighted by Gasteiger charge is 2.36. The van der Waals surface area contributed by atoms with Crippen molar-refractivity contribution in [3.05, 3.63) is 35.9 Å². The van der Waals surface area contributed by atoms with Crippen LogP contribution in [0.25, 0.3) is 0 Å². The molecule has 0 fully saturated rings. The fourth-order valence-electron chi connectivity index (χ4n) is 2.19. The van der Waals surface area contributed by atoms with Crippen molar-refractivity contribution in [2.75, 3.05) is 0 Å². The Morgan fingerprint density at radius 2 is 1.67 bits per heavy atom. The van der Waals surface area contributed by atoms with Gasteiger partial charge in [-0.1, -0.05) is 51.1 Å². The number of aliphatic carboxylic acids is 2. The SMILES string of the molecule is CC(C)(C)[C@H](C[C@@H](NC(=O)OCc1ccccc1)C(=O)O)C(=O)O. The molecule has 7 nitrogen and oxygen atoms in total. The van der Waals surface area contributed by atoms with Gasteiger partial charge in [0.05, 0.1) is 5.92 Å². The minimum atomic E-state index is -1.34. The Balaban J connectivity index is 2.66. The molecule has 0 bridgehead atoms. The molecule has 0 radical (unpaired) electrons. The third kappa shape index (κ3) is 6.28. The fourth-order valence-corrected chi connectivity index (χ4v) is 2.19. The van der Waals surface area contributed by atoms with Crippen LogP contribution >= 0.6 is 0 Å². The molecule has 0 unspecified atom stereocenters. The van der Waals surface area contributed by atoms with Crippen LogP contribution in [0, 0.1) is 11.3 Å². The molecule has 0 saturated heterocycles. The Hall–Kier alpha value is -2.57. The van der Waals surface area contributed by atoms with Gasteiger partial charge < -0.3 is 20.3 Å². The number of carboxylic acids is 2. The van der Waals surface area contributed by atoms with Crippen molar-refractivity contribution < 1.29 is 29.3 Å². The van der Waals surface area contributed by atoms with Crippen molar-refractivity contribution in [2.24, 2.45) is 11.3 Å². The summed E-state index contributed by atoms with van der Waals surface area (Å²) in [5.74, 6) is -3.33. The lowest BCUT2D eigenvalue weighted by Gasteiger charge is -2.29. The van der Waals surface area contributed by atoms with Crippen molar-refractivity contribution in [1.29, 1.82) is 0 Å². The lowest BCUT2D eigenvalue weighted by atomic mass is 9.77. The zero-order valence-electron chi connectivity index (χ0n) is 14.0. The van der Waals surface area contributed by atoms with E-state index in [1.165, 1.54) is 0 Å². The number of alkyl carbamates (subject to hydrolysis) is 1. The number of amides is 1. The maximum atomic E-state index is 11.8. The summed E-state index contributed by atoms with van der Waals surface area (Å²) in [6.45, 7) is 5.12. The molecule has 0 saturated carbocycles. The van der Waals surface area contributed by atoms with Crippen LogP contribution in [0.3, 0.4) is 0 Å². The van der Waals surface area contributed by atoms with Crippen LogP contribution in [0.5, 0.6) is 0 Å². The van der Waals surface area contributed by atoms with E-state index in [1.807, 2.05) is 6.07 Å². The van der Waals surface area contributed by atoms with Crippen molar-refractivity contribution in [3.63, 3.8) is 0 Å². The Kier molecular flexibility index (Phi) is 6.76. The Morgan fingerprint density at radius 1 is 1.08 bits per heavy atom. The van der Waals surface area contributed by atoms with Gasteiger partial charge in [-0.3, -0.25) is 4.79 Å². The molecule has 1 aromatic carbocycles. The first-order valence-electron chi connectivity index (χ1n) is 7.54. The summed E-state index contributed by atoms with van der Waals surface area (Å²) >= 11 is 0. The first-order chi connectivity index (χ1) is 11.1. The van der Waals surface area contributed by atoms with Gasteiger partial charge in [0.15, 0.2) is 0 Å². The maximum absolute atomic E-state index is 11.8. The van der Waals surface area contributed by atoms with Crippen LogP contribution in [0.2, 0.25) is 0 Å². The first-order valence-corrected chi connectivity index (χ1v) is 7.54. The standard InChI is InChI=1S/C17H23NO6/c1-17(2,3)12(14(19)20)9-13(15(21)22)18-16(23)24-10-11-7-5-4-6-8-11/h4-8,12-13H,9-10H2,1-3H3,(H,18,23)(H,19,20)(H,21,22)/t12-,13-/m1/s1. The van der Waals surface area contributed by atoms with E-state index < -0.39 is 35.4 Å². The summed E-state index contributed by atoms with van der Waals surface area (Å²) in [5, 5.41) is 20.7. The molecule has 0 heterocycles. The molecule has 0 spiro atoms. The molecule has 2 atom stereocenters. The second kappa shape index (κ2) is 8.33. The number of nitrogens with one attached hydrogen (secondary N) is 1. The first kappa shape index (κ1) is 19.5. The number of benzene rings is 1. The van der Waals surface area contributed by atoms with Gasteiger partial charge in [0.25, 0.3) is 0 Å². The van der Waals surface area contributed by atoms with E-state index in [9.17, 15) is 24.6 Å². The fraction of sp³-hybridized carbons (Fsp3) is 0.471. The molecule has 7 heteroatoms. The average molecular weight is 337 g/mol. The number of carbonyl (C=O) groups excluding carboxylic acids is 1. The number of hydrogen-bond acceptors (Lipinski definition) is 4. The van der Waals surface area contributed by atoms with E-state index >= 15 is 0 Å². The molecule has 0 aliphatic rings. The van der Waals surface area contributed by atoms with Crippen LogP contribution in [0.1, 0.15) is 32.8 Å². The molecule has 1 amide bonds.